The zero-order valence-electron chi connectivity index (χ0n) is 17.0. The van der Waals surface area contributed by atoms with Crippen LogP contribution in [-0.4, -0.2) is 37.7 Å². The average Bonchev–Trinajstić information content (AvgIpc) is 2.76. The van der Waals surface area contributed by atoms with Gasteiger partial charge in [-0.25, -0.2) is 27.5 Å². The number of nitriles is 1. The van der Waals surface area contributed by atoms with E-state index in [0.29, 0.717) is 23.3 Å². The molecule has 1 aliphatic heterocycles. The number of fused-ring (bicyclic) bond motifs is 1. The second kappa shape index (κ2) is 8.57. The van der Waals surface area contributed by atoms with Gasteiger partial charge in [-0.15, -0.1) is 0 Å². The van der Waals surface area contributed by atoms with Gasteiger partial charge in [0.25, 0.3) is 0 Å². The molecule has 160 valence electrons. The third kappa shape index (κ3) is 4.65. The van der Waals surface area contributed by atoms with Gasteiger partial charge in [-0.3, -0.25) is 0 Å². The van der Waals surface area contributed by atoms with Gasteiger partial charge in [0, 0.05) is 24.5 Å². The van der Waals surface area contributed by atoms with Gasteiger partial charge in [0.15, 0.2) is 0 Å². The highest BCUT2D eigenvalue weighted by molar-refractivity contribution is 7.88. The lowest BCUT2D eigenvalue weighted by Gasteiger charge is -2.38. The van der Waals surface area contributed by atoms with Crippen molar-refractivity contribution < 1.29 is 12.8 Å². The summed E-state index contributed by atoms with van der Waals surface area (Å²) in [5, 5.41) is 9.82. The van der Waals surface area contributed by atoms with Crippen molar-refractivity contribution in [1.82, 2.24) is 14.7 Å². The average molecular weight is 440 g/mol. The molecule has 4 rings (SSSR count). The van der Waals surface area contributed by atoms with E-state index < -0.39 is 15.8 Å². The molecular weight excluding hydrogens is 417 g/mol. The highest BCUT2D eigenvalue weighted by Crippen LogP contribution is 2.34. The second-order valence-corrected chi connectivity index (χ2v) is 9.57. The molecule has 2 heterocycles. The van der Waals surface area contributed by atoms with Gasteiger partial charge in [0.2, 0.25) is 10.0 Å². The Balaban J connectivity index is 1.70. The number of rotatable bonds is 5. The zero-order valence-corrected chi connectivity index (χ0v) is 17.8. The standard InChI is InChI=1S/C22H22FN5O2S/c1-31(29,30)27-21(15-6-3-2-4-7-15)16-8-5-9-28(13-16)22-18-10-17(12-24)19(23)11-20(18)25-14-26-22/h2-4,6-7,10-11,14,16,21,27H,5,8-9,13H2,1H3. The summed E-state index contributed by atoms with van der Waals surface area (Å²) in [5.41, 5.74) is 1.27. The first-order valence-electron chi connectivity index (χ1n) is 9.97. The maximum Gasteiger partial charge on any atom is 0.209 e. The van der Waals surface area contributed by atoms with Crippen molar-refractivity contribution in [1.29, 1.82) is 5.26 Å². The molecule has 0 aliphatic carbocycles. The van der Waals surface area contributed by atoms with Crippen molar-refractivity contribution in [3.8, 4) is 6.07 Å². The minimum Gasteiger partial charge on any atom is -0.356 e. The van der Waals surface area contributed by atoms with Crippen molar-refractivity contribution in [3.63, 3.8) is 0 Å². The van der Waals surface area contributed by atoms with E-state index in [2.05, 4.69) is 19.6 Å². The van der Waals surface area contributed by atoms with Crippen LogP contribution in [0.25, 0.3) is 10.9 Å². The lowest BCUT2D eigenvalue weighted by molar-refractivity contribution is 0.336. The van der Waals surface area contributed by atoms with Crippen molar-refractivity contribution in [2.45, 2.75) is 18.9 Å². The van der Waals surface area contributed by atoms with Gasteiger partial charge in [-0.05, 0) is 30.4 Å². The monoisotopic (exact) mass is 439 g/mol. The Morgan fingerprint density at radius 1 is 1.26 bits per heavy atom. The number of aromatic nitrogens is 2. The molecule has 0 bridgehead atoms. The predicted octanol–water partition coefficient (Wildman–Crippen LogP) is 3.15. The molecule has 0 spiro atoms. The van der Waals surface area contributed by atoms with E-state index in [-0.39, 0.29) is 17.5 Å². The SMILES string of the molecule is CS(=O)(=O)NC(c1ccccc1)C1CCCN(c2ncnc3cc(F)c(C#N)cc23)C1. The summed E-state index contributed by atoms with van der Waals surface area (Å²) in [7, 11) is -3.42. The molecular formula is C22H22FN5O2S. The Morgan fingerprint density at radius 3 is 2.74 bits per heavy atom. The van der Waals surface area contributed by atoms with Gasteiger partial charge in [-0.1, -0.05) is 30.3 Å². The molecule has 2 unspecified atom stereocenters. The Hall–Kier alpha value is -3.09. The fourth-order valence-corrected chi connectivity index (χ4v) is 4.99. The number of nitrogens with zero attached hydrogens (tertiary/aromatic N) is 4. The van der Waals surface area contributed by atoms with Crippen LogP contribution in [0.2, 0.25) is 0 Å². The Labute approximate surface area is 180 Å². The number of hydrogen-bond donors (Lipinski definition) is 1. The summed E-state index contributed by atoms with van der Waals surface area (Å²) in [6, 6.07) is 13.7. The smallest absolute Gasteiger partial charge is 0.209 e. The normalized spacial score (nSPS) is 18.0. The number of anilines is 1. The molecule has 3 aromatic rings. The molecule has 0 saturated carbocycles. The third-order valence-electron chi connectivity index (χ3n) is 5.55. The summed E-state index contributed by atoms with van der Waals surface area (Å²) >= 11 is 0. The highest BCUT2D eigenvalue weighted by atomic mass is 32.2. The fraction of sp³-hybridized carbons (Fsp3) is 0.318. The maximum atomic E-state index is 14.0. The van der Waals surface area contributed by atoms with E-state index in [1.807, 2.05) is 36.4 Å². The van der Waals surface area contributed by atoms with Gasteiger partial charge in [0.1, 0.15) is 24.0 Å². The van der Waals surface area contributed by atoms with Crippen LogP contribution < -0.4 is 9.62 Å². The van der Waals surface area contributed by atoms with Crippen LogP contribution in [0.1, 0.15) is 30.0 Å². The molecule has 9 heteroatoms. The Bertz CT molecular complexity index is 1240. The molecule has 1 aliphatic rings. The lowest BCUT2D eigenvalue weighted by atomic mass is 9.87. The van der Waals surface area contributed by atoms with E-state index >= 15 is 0 Å². The molecule has 0 radical (unpaired) electrons. The molecule has 7 nitrogen and oxygen atoms in total. The first-order valence-corrected chi connectivity index (χ1v) is 11.9. The molecule has 31 heavy (non-hydrogen) atoms. The van der Waals surface area contributed by atoms with Gasteiger partial charge in [-0.2, -0.15) is 5.26 Å². The topological polar surface area (TPSA) is 99.0 Å². The molecule has 1 saturated heterocycles. The van der Waals surface area contributed by atoms with E-state index in [0.717, 1.165) is 24.9 Å². The van der Waals surface area contributed by atoms with Crippen LogP contribution in [0, 0.1) is 23.1 Å². The van der Waals surface area contributed by atoms with E-state index in [4.69, 9.17) is 0 Å². The number of sulfonamides is 1. The predicted molar refractivity (Wildman–Crippen MR) is 116 cm³/mol. The van der Waals surface area contributed by atoms with Crippen LogP contribution in [0.5, 0.6) is 0 Å². The van der Waals surface area contributed by atoms with Crippen molar-refractivity contribution in [3.05, 3.63) is 65.7 Å². The number of piperidine rings is 1. The summed E-state index contributed by atoms with van der Waals surface area (Å²) in [5.74, 6) is 0.0156. The van der Waals surface area contributed by atoms with Crippen molar-refractivity contribution in [2.75, 3.05) is 24.2 Å². The minimum absolute atomic E-state index is 0.00627. The molecule has 1 N–H and O–H groups in total. The van der Waals surface area contributed by atoms with E-state index in [1.54, 1.807) is 0 Å². The molecule has 1 fully saturated rings. The first kappa shape index (κ1) is 21.2. The van der Waals surface area contributed by atoms with E-state index in [1.165, 1.54) is 24.7 Å². The fourth-order valence-electron chi connectivity index (χ4n) is 4.20. The summed E-state index contributed by atoms with van der Waals surface area (Å²) in [6.45, 7) is 1.29. The molecule has 1 aromatic heterocycles. The second-order valence-electron chi connectivity index (χ2n) is 7.78. The minimum atomic E-state index is -3.42. The van der Waals surface area contributed by atoms with Gasteiger partial charge in [0.05, 0.1) is 23.4 Å². The van der Waals surface area contributed by atoms with Crippen LogP contribution in [0.3, 0.4) is 0 Å². The maximum absolute atomic E-state index is 14.0. The number of benzene rings is 2. The number of halogens is 1. The summed E-state index contributed by atoms with van der Waals surface area (Å²) < 4.78 is 41.0. The summed E-state index contributed by atoms with van der Waals surface area (Å²) in [6.07, 6.45) is 4.24. The Morgan fingerprint density at radius 2 is 2.03 bits per heavy atom. The Kier molecular flexibility index (Phi) is 5.85. The molecule has 2 aromatic carbocycles. The highest BCUT2D eigenvalue weighted by Gasteiger charge is 2.31. The van der Waals surface area contributed by atoms with Crippen LogP contribution in [-0.2, 0) is 10.0 Å². The van der Waals surface area contributed by atoms with Crippen LogP contribution in [0.4, 0.5) is 10.2 Å². The van der Waals surface area contributed by atoms with Crippen molar-refractivity contribution >= 4 is 26.7 Å². The number of nitrogens with one attached hydrogen (secondary N) is 1. The van der Waals surface area contributed by atoms with Crippen LogP contribution in [0.15, 0.2) is 48.8 Å². The molecule has 0 amide bonds. The number of hydrogen-bond acceptors (Lipinski definition) is 6. The lowest BCUT2D eigenvalue weighted by Crippen LogP contribution is -2.43. The van der Waals surface area contributed by atoms with Gasteiger partial charge < -0.3 is 4.90 Å². The zero-order chi connectivity index (χ0) is 22.0. The summed E-state index contributed by atoms with van der Waals surface area (Å²) in [4.78, 5) is 10.6. The van der Waals surface area contributed by atoms with E-state index in [9.17, 15) is 18.1 Å². The molecule has 2 atom stereocenters. The first-order chi connectivity index (χ1) is 14.9. The van der Waals surface area contributed by atoms with Crippen LogP contribution >= 0.6 is 0 Å². The van der Waals surface area contributed by atoms with Gasteiger partial charge >= 0.3 is 0 Å². The largest absolute Gasteiger partial charge is 0.356 e. The quantitative estimate of drug-likeness (QED) is 0.656. The third-order valence-corrected chi connectivity index (χ3v) is 6.23. The van der Waals surface area contributed by atoms with Crippen molar-refractivity contribution in [2.24, 2.45) is 5.92 Å².